The summed E-state index contributed by atoms with van der Waals surface area (Å²) >= 11 is 0. The van der Waals surface area contributed by atoms with Crippen molar-refractivity contribution < 1.29 is 5.11 Å². The molecule has 0 fully saturated rings. The predicted molar refractivity (Wildman–Crippen MR) is 66.7 cm³/mol. The summed E-state index contributed by atoms with van der Waals surface area (Å²) in [5.41, 5.74) is 3.48. The van der Waals surface area contributed by atoms with Gasteiger partial charge in [0.25, 0.3) is 0 Å². The summed E-state index contributed by atoms with van der Waals surface area (Å²) in [6.07, 6.45) is 0. The number of aromatic hydroxyl groups is 1. The van der Waals surface area contributed by atoms with E-state index in [1.807, 2.05) is 12.1 Å². The molecule has 2 aromatic rings. The first kappa shape index (κ1) is 11.0. The highest BCUT2D eigenvalue weighted by Gasteiger charge is 2.08. The van der Waals surface area contributed by atoms with Gasteiger partial charge in [-0.25, -0.2) is 0 Å². The number of fused-ring (bicyclic) bond motifs is 1. The normalized spacial score (nSPS) is 11.5. The molecule has 0 aliphatic heterocycles. The Hall–Kier alpha value is -1.48. The molecule has 0 amide bonds. The quantitative estimate of drug-likeness (QED) is 0.741. The van der Waals surface area contributed by atoms with E-state index in [1.54, 1.807) is 6.07 Å². The highest BCUT2D eigenvalue weighted by Crippen LogP contribution is 2.25. The van der Waals surface area contributed by atoms with Crippen LogP contribution in [-0.4, -0.2) is 16.1 Å². The van der Waals surface area contributed by atoms with Crippen LogP contribution in [-0.2, 0) is 6.54 Å². The molecule has 0 aliphatic rings. The van der Waals surface area contributed by atoms with Crippen molar-refractivity contribution in [1.29, 1.82) is 0 Å². The van der Waals surface area contributed by atoms with E-state index >= 15 is 0 Å². The third kappa shape index (κ3) is 2.04. The van der Waals surface area contributed by atoms with Crippen molar-refractivity contribution in [1.82, 2.24) is 10.3 Å². The van der Waals surface area contributed by atoms with Crippen molar-refractivity contribution in [2.24, 2.45) is 0 Å². The number of phenolic OH excluding ortho intramolecular Hbond substituents is 1. The lowest BCUT2D eigenvalue weighted by atomic mass is 10.1. The van der Waals surface area contributed by atoms with Gasteiger partial charge in [-0.1, -0.05) is 13.8 Å². The lowest BCUT2D eigenvalue weighted by molar-refractivity contribution is 0.476. The summed E-state index contributed by atoms with van der Waals surface area (Å²) in [5, 5.41) is 14.0. The molecule has 3 N–H and O–H groups in total. The van der Waals surface area contributed by atoms with Crippen molar-refractivity contribution in [3.63, 3.8) is 0 Å². The van der Waals surface area contributed by atoms with E-state index in [0.29, 0.717) is 11.8 Å². The average molecular weight is 218 g/mol. The molecule has 3 nitrogen and oxygen atoms in total. The van der Waals surface area contributed by atoms with E-state index in [4.69, 9.17) is 0 Å². The van der Waals surface area contributed by atoms with Crippen LogP contribution in [0.2, 0.25) is 0 Å². The molecule has 2 rings (SSSR count). The summed E-state index contributed by atoms with van der Waals surface area (Å²) in [7, 11) is 0. The molecule has 0 radical (unpaired) electrons. The molecule has 1 aromatic heterocycles. The van der Waals surface area contributed by atoms with Gasteiger partial charge in [-0.05, 0) is 30.7 Å². The molecule has 1 aromatic carbocycles. The standard InChI is InChI=1S/C13H18N2O/c1-8(2)14-7-12-9(3)15-13-5-4-10(16)6-11(12)13/h4-6,8,14-16H,7H2,1-3H3. The Morgan fingerprint density at radius 2 is 2.12 bits per heavy atom. The molecule has 0 bridgehead atoms. The Kier molecular flexibility index (Phi) is 2.88. The van der Waals surface area contributed by atoms with E-state index in [0.717, 1.165) is 23.1 Å². The maximum Gasteiger partial charge on any atom is 0.116 e. The SMILES string of the molecule is Cc1[nH]c2ccc(O)cc2c1CNC(C)C. The number of nitrogens with one attached hydrogen (secondary N) is 2. The average Bonchev–Trinajstić information content (AvgIpc) is 2.51. The molecular formula is C13H18N2O. The number of H-pyrrole nitrogens is 1. The largest absolute Gasteiger partial charge is 0.508 e. The summed E-state index contributed by atoms with van der Waals surface area (Å²) in [6, 6.07) is 5.90. The van der Waals surface area contributed by atoms with Crippen LogP contribution in [0.25, 0.3) is 10.9 Å². The third-order valence-corrected chi connectivity index (χ3v) is 2.79. The van der Waals surface area contributed by atoms with Gasteiger partial charge >= 0.3 is 0 Å². The fraction of sp³-hybridized carbons (Fsp3) is 0.385. The maximum atomic E-state index is 9.51. The van der Waals surface area contributed by atoms with Crippen molar-refractivity contribution >= 4 is 10.9 Å². The summed E-state index contributed by atoms with van der Waals surface area (Å²) < 4.78 is 0. The van der Waals surface area contributed by atoms with Gasteiger partial charge in [-0.15, -0.1) is 0 Å². The smallest absolute Gasteiger partial charge is 0.116 e. The molecular weight excluding hydrogens is 200 g/mol. The number of aromatic amines is 1. The molecule has 16 heavy (non-hydrogen) atoms. The van der Waals surface area contributed by atoms with Crippen LogP contribution in [0, 0.1) is 6.92 Å². The topological polar surface area (TPSA) is 48.0 Å². The second kappa shape index (κ2) is 4.18. The van der Waals surface area contributed by atoms with Gasteiger partial charge in [0.05, 0.1) is 0 Å². The second-order valence-corrected chi connectivity index (χ2v) is 4.49. The van der Waals surface area contributed by atoms with Crippen LogP contribution in [0.1, 0.15) is 25.1 Å². The van der Waals surface area contributed by atoms with Crippen LogP contribution in [0.5, 0.6) is 5.75 Å². The van der Waals surface area contributed by atoms with Gasteiger partial charge in [0, 0.05) is 29.2 Å². The number of phenols is 1. The Labute approximate surface area is 95.5 Å². The van der Waals surface area contributed by atoms with E-state index < -0.39 is 0 Å². The number of rotatable bonds is 3. The Bertz CT molecular complexity index is 500. The Morgan fingerprint density at radius 1 is 1.38 bits per heavy atom. The summed E-state index contributed by atoms with van der Waals surface area (Å²) in [4.78, 5) is 3.33. The molecule has 0 saturated carbocycles. The van der Waals surface area contributed by atoms with Crippen LogP contribution >= 0.6 is 0 Å². The van der Waals surface area contributed by atoms with Gasteiger partial charge in [-0.3, -0.25) is 0 Å². The molecule has 3 heteroatoms. The minimum atomic E-state index is 0.317. The minimum Gasteiger partial charge on any atom is -0.508 e. The molecule has 0 atom stereocenters. The number of benzene rings is 1. The van der Waals surface area contributed by atoms with Crippen molar-refractivity contribution in [2.45, 2.75) is 33.4 Å². The summed E-state index contributed by atoms with van der Waals surface area (Å²) in [5.74, 6) is 0.317. The van der Waals surface area contributed by atoms with Crippen molar-refractivity contribution in [3.8, 4) is 5.75 Å². The number of hydrogen-bond donors (Lipinski definition) is 3. The fourth-order valence-corrected chi connectivity index (χ4v) is 1.90. The molecule has 0 aliphatic carbocycles. The number of hydrogen-bond acceptors (Lipinski definition) is 2. The van der Waals surface area contributed by atoms with E-state index in [9.17, 15) is 5.11 Å². The van der Waals surface area contributed by atoms with E-state index in [1.165, 1.54) is 5.56 Å². The zero-order valence-electron chi connectivity index (χ0n) is 9.96. The van der Waals surface area contributed by atoms with Crippen LogP contribution in [0.15, 0.2) is 18.2 Å². The van der Waals surface area contributed by atoms with Gasteiger partial charge in [0.1, 0.15) is 5.75 Å². The van der Waals surface area contributed by atoms with Gasteiger partial charge in [-0.2, -0.15) is 0 Å². The first-order chi connectivity index (χ1) is 7.58. The lowest BCUT2D eigenvalue weighted by Gasteiger charge is -2.08. The van der Waals surface area contributed by atoms with Crippen molar-refractivity contribution in [2.75, 3.05) is 0 Å². The van der Waals surface area contributed by atoms with Crippen LogP contribution in [0.4, 0.5) is 0 Å². The molecule has 0 spiro atoms. The number of aryl methyl sites for hydroxylation is 1. The minimum absolute atomic E-state index is 0.317. The number of aromatic nitrogens is 1. The zero-order chi connectivity index (χ0) is 11.7. The van der Waals surface area contributed by atoms with Crippen molar-refractivity contribution in [3.05, 3.63) is 29.5 Å². The third-order valence-electron chi connectivity index (χ3n) is 2.79. The lowest BCUT2D eigenvalue weighted by Crippen LogP contribution is -2.22. The highest BCUT2D eigenvalue weighted by molar-refractivity contribution is 5.85. The Balaban J connectivity index is 2.42. The molecule has 0 unspecified atom stereocenters. The van der Waals surface area contributed by atoms with Gasteiger partial charge in [0.15, 0.2) is 0 Å². The maximum absolute atomic E-state index is 9.51. The monoisotopic (exact) mass is 218 g/mol. The predicted octanol–water partition coefficient (Wildman–Crippen LogP) is 2.68. The van der Waals surface area contributed by atoms with E-state index in [2.05, 4.69) is 31.1 Å². The fourth-order valence-electron chi connectivity index (χ4n) is 1.90. The van der Waals surface area contributed by atoms with E-state index in [-0.39, 0.29) is 0 Å². The molecule has 0 saturated heterocycles. The first-order valence-corrected chi connectivity index (χ1v) is 5.61. The second-order valence-electron chi connectivity index (χ2n) is 4.49. The molecule has 1 heterocycles. The zero-order valence-corrected chi connectivity index (χ0v) is 9.96. The summed E-state index contributed by atoms with van der Waals surface area (Å²) in [6.45, 7) is 7.14. The van der Waals surface area contributed by atoms with Gasteiger partial charge < -0.3 is 15.4 Å². The van der Waals surface area contributed by atoms with Crippen LogP contribution in [0.3, 0.4) is 0 Å². The van der Waals surface area contributed by atoms with Crippen LogP contribution < -0.4 is 5.32 Å². The highest BCUT2D eigenvalue weighted by atomic mass is 16.3. The molecule has 86 valence electrons. The van der Waals surface area contributed by atoms with Gasteiger partial charge in [0.2, 0.25) is 0 Å². The first-order valence-electron chi connectivity index (χ1n) is 5.61. The Morgan fingerprint density at radius 3 is 2.81 bits per heavy atom.